The molecule has 2 aromatic rings. The molecule has 27 heavy (non-hydrogen) atoms. The number of hydrogen-bond donors (Lipinski definition) is 0. The monoisotopic (exact) mass is 429 g/mol. The van der Waals surface area contributed by atoms with Crippen molar-refractivity contribution in [1.82, 2.24) is 4.31 Å². The number of ether oxygens (including phenoxy) is 2. The minimum atomic E-state index is -3.61. The van der Waals surface area contributed by atoms with Gasteiger partial charge in [-0.1, -0.05) is 35.3 Å². The average Bonchev–Trinajstić information content (AvgIpc) is 2.67. The van der Waals surface area contributed by atoms with E-state index in [9.17, 15) is 13.2 Å². The number of carbonyl (C=O) groups is 1. The van der Waals surface area contributed by atoms with Gasteiger partial charge in [0.2, 0.25) is 10.0 Å². The number of morpholine rings is 1. The van der Waals surface area contributed by atoms with Crippen LogP contribution in [0.4, 0.5) is 0 Å². The number of hydrogen-bond acceptors (Lipinski definition) is 5. The van der Waals surface area contributed by atoms with Crippen LogP contribution in [0.2, 0.25) is 10.0 Å². The summed E-state index contributed by atoms with van der Waals surface area (Å²) in [7, 11) is -3.61. The van der Waals surface area contributed by atoms with Crippen LogP contribution < -0.4 is 0 Å². The van der Waals surface area contributed by atoms with Gasteiger partial charge in [0.15, 0.2) is 0 Å². The fraction of sp³-hybridized carbons (Fsp3) is 0.278. The Bertz CT molecular complexity index is 943. The van der Waals surface area contributed by atoms with Gasteiger partial charge in [-0.15, -0.1) is 0 Å². The van der Waals surface area contributed by atoms with Crippen molar-refractivity contribution in [3.8, 4) is 0 Å². The SMILES string of the molecule is O=C(OCc1cccc(S(=O)(=O)N2CCOCC2)c1)c1ccc(Cl)cc1Cl. The van der Waals surface area contributed by atoms with Crippen molar-refractivity contribution >= 4 is 39.2 Å². The minimum Gasteiger partial charge on any atom is -0.457 e. The molecule has 144 valence electrons. The van der Waals surface area contributed by atoms with Crippen LogP contribution in [0.3, 0.4) is 0 Å². The molecule has 0 spiro atoms. The molecule has 0 bridgehead atoms. The first kappa shape index (κ1) is 20.1. The van der Waals surface area contributed by atoms with Crippen LogP contribution >= 0.6 is 23.2 Å². The summed E-state index contributed by atoms with van der Waals surface area (Å²) in [5, 5.41) is 0.605. The summed E-state index contributed by atoms with van der Waals surface area (Å²) in [6, 6.07) is 10.8. The van der Waals surface area contributed by atoms with E-state index in [4.69, 9.17) is 32.7 Å². The van der Waals surface area contributed by atoms with Crippen molar-refractivity contribution in [3.63, 3.8) is 0 Å². The molecule has 3 rings (SSSR count). The van der Waals surface area contributed by atoms with E-state index < -0.39 is 16.0 Å². The normalized spacial score (nSPS) is 15.5. The third-order valence-electron chi connectivity index (χ3n) is 4.03. The molecule has 0 amide bonds. The summed E-state index contributed by atoms with van der Waals surface area (Å²) >= 11 is 11.8. The summed E-state index contributed by atoms with van der Waals surface area (Å²) in [6.07, 6.45) is 0. The topological polar surface area (TPSA) is 72.9 Å². The van der Waals surface area contributed by atoms with Crippen LogP contribution in [0.5, 0.6) is 0 Å². The lowest BCUT2D eigenvalue weighted by Gasteiger charge is -2.26. The second-order valence-corrected chi connectivity index (χ2v) is 8.65. The number of nitrogens with zero attached hydrogens (tertiary/aromatic N) is 1. The van der Waals surface area contributed by atoms with Crippen LogP contribution in [0.1, 0.15) is 15.9 Å². The van der Waals surface area contributed by atoms with E-state index in [1.165, 1.54) is 28.6 Å². The zero-order valence-corrected chi connectivity index (χ0v) is 16.6. The highest BCUT2D eigenvalue weighted by atomic mass is 35.5. The van der Waals surface area contributed by atoms with E-state index in [0.717, 1.165) is 0 Å². The summed E-state index contributed by atoms with van der Waals surface area (Å²) < 4.78 is 37.2. The number of halogens is 2. The molecule has 0 radical (unpaired) electrons. The quantitative estimate of drug-likeness (QED) is 0.681. The lowest BCUT2D eigenvalue weighted by Crippen LogP contribution is -2.40. The van der Waals surface area contributed by atoms with Crippen molar-refractivity contribution in [2.45, 2.75) is 11.5 Å². The fourth-order valence-corrected chi connectivity index (χ4v) is 4.58. The first-order chi connectivity index (χ1) is 12.9. The molecule has 0 aromatic heterocycles. The number of benzene rings is 2. The standard InChI is InChI=1S/C18H17Cl2NO5S/c19-14-4-5-16(17(20)11-14)18(22)26-12-13-2-1-3-15(10-13)27(23,24)21-6-8-25-9-7-21/h1-5,10-11H,6-9,12H2. The maximum atomic E-state index is 12.7. The van der Waals surface area contributed by atoms with Crippen LogP contribution in [0.25, 0.3) is 0 Å². The Morgan fingerprint density at radius 1 is 1.11 bits per heavy atom. The van der Waals surface area contributed by atoms with Gasteiger partial charge in [-0.25, -0.2) is 13.2 Å². The van der Waals surface area contributed by atoms with E-state index in [1.54, 1.807) is 18.2 Å². The molecule has 1 aliphatic heterocycles. The van der Waals surface area contributed by atoms with Crippen molar-refractivity contribution < 1.29 is 22.7 Å². The van der Waals surface area contributed by atoms with Crippen LogP contribution in [0, 0.1) is 0 Å². The predicted molar refractivity (Wildman–Crippen MR) is 102 cm³/mol. The summed E-state index contributed by atoms with van der Waals surface area (Å²) in [4.78, 5) is 12.3. The predicted octanol–water partition coefficient (Wildman–Crippen LogP) is 3.37. The third kappa shape index (κ3) is 4.80. The minimum absolute atomic E-state index is 0.0791. The van der Waals surface area contributed by atoms with Crippen molar-refractivity contribution in [3.05, 3.63) is 63.6 Å². The first-order valence-corrected chi connectivity index (χ1v) is 10.4. The maximum absolute atomic E-state index is 12.7. The van der Waals surface area contributed by atoms with Gasteiger partial charge in [-0.3, -0.25) is 0 Å². The van der Waals surface area contributed by atoms with Gasteiger partial charge in [0.05, 0.1) is 28.7 Å². The zero-order valence-electron chi connectivity index (χ0n) is 14.2. The summed E-state index contributed by atoms with van der Waals surface area (Å²) in [5.74, 6) is -0.613. The molecule has 0 unspecified atom stereocenters. The molecular weight excluding hydrogens is 413 g/mol. The highest BCUT2D eigenvalue weighted by Gasteiger charge is 2.26. The molecule has 0 saturated carbocycles. The molecule has 0 N–H and O–H groups in total. The Morgan fingerprint density at radius 3 is 2.56 bits per heavy atom. The molecule has 2 aromatic carbocycles. The van der Waals surface area contributed by atoms with E-state index in [0.29, 0.717) is 36.9 Å². The highest BCUT2D eigenvalue weighted by Crippen LogP contribution is 2.23. The van der Waals surface area contributed by atoms with E-state index in [-0.39, 0.29) is 22.1 Å². The summed E-state index contributed by atoms with van der Waals surface area (Å²) in [5.41, 5.74) is 0.751. The Balaban J connectivity index is 1.71. The second-order valence-electron chi connectivity index (χ2n) is 5.86. The van der Waals surface area contributed by atoms with Gasteiger partial charge in [0.1, 0.15) is 6.61 Å². The van der Waals surface area contributed by atoms with Gasteiger partial charge < -0.3 is 9.47 Å². The number of carbonyl (C=O) groups excluding carboxylic acids is 1. The van der Waals surface area contributed by atoms with E-state index >= 15 is 0 Å². The molecule has 0 aliphatic carbocycles. The number of esters is 1. The van der Waals surface area contributed by atoms with Crippen molar-refractivity contribution in [1.29, 1.82) is 0 Å². The average molecular weight is 430 g/mol. The lowest BCUT2D eigenvalue weighted by atomic mass is 10.2. The third-order valence-corrected chi connectivity index (χ3v) is 6.47. The van der Waals surface area contributed by atoms with Gasteiger partial charge >= 0.3 is 5.97 Å². The van der Waals surface area contributed by atoms with Gasteiger partial charge in [0.25, 0.3) is 0 Å². The Labute approximate surface area is 167 Å². The smallest absolute Gasteiger partial charge is 0.339 e. The largest absolute Gasteiger partial charge is 0.457 e. The Hall–Kier alpha value is -1.64. The molecule has 9 heteroatoms. The number of rotatable bonds is 5. The Morgan fingerprint density at radius 2 is 1.85 bits per heavy atom. The Kier molecular flexibility index (Phi) is 6.39. The molecule has 0 atom stereocenters. The summed E-state index contributed by atoms with van der Waals surface area (Å²) in [6.45, 7) is 1.30. The van der Waals surface area contributed by atoms with Crippen LogP contribution in [0.15, 0.2) is 47.4 Å². The van der Waals surface area contributed by atoms with Gasteiger partial charge in [-0.05, 0) is 35.9 Å². The number of sulfonamides is 1. The van der Waals surface area contributed by atoms with Gasteiger partial charge in [-0.2, -0.15) is 4.31 Å². The van der Waals surface area contributed by atoms with Crippen molar-refractivity contribution in [2.24, 2.45) is 0 Å². The zero-order chi connectivity index (χ0) is 19.4. The molecule has 1 fully saturated rings. The second kappa shape index (κ2) is 8.58. The maximum Gasteiger partial charge on any atom is 0.339 e. The fourth-order valence-electron chi connectivity index (χ4n) is 2.61. The molecule has 1 saturated heterocycles. The van der Waals surface area contributed by atoms with E-state index in [2.05, 4.69) is 0 Å². The highest BCUT2D eigenvalue weighted by molar-refractivity contribution is 7.89. The van der Waals surface area contributed by atoms with Gasteiger partial charge in [0, 0.05) is 18.1 Å². The molecule has 6 nitrogen and oxygen atoms in total. The first-order valence-electron chi connectivity index (χ1n) is 8.17. The van der Waals surface area contributed by atoms with Crippen molar-refractivity contribution in [2.75, 3.05) is 26.3 Å². The molecule has 1 aliphatic rings. The van der Waals surface area contributed by atoms with E-state index in [1.807, 2.05) is 0 Å². The van der Waals surface area contributed by atoms with Crippen LogP contribution in [-0.2, 0) is 26.1 Å². The molecule has 1 heterocycles. The van der Waals surface area contributed by atoms with Crippen LogP contribution in [-0.4, -0.2) is 45.0 Å². The molecular formula is C18H17Cl2NO5S. The lowest BCUT2D eigenvalue weighted by molar-refractivity contribution is 0.0472.